The Morgan fingerprint density at radius 1 is 1.38 bits per heavy atom. The highest BCUT2D eigenvalue weighted by atomic mass is 79.9. The molecule has 0 spiro atoms. The molecule has 1 unspecified atom stereocenters. The lowest BCUT2D eigenvalue weighted by atomic mass is 10.2. The average molecular weight is 352 g/mol. The lowest BCUT2D eigenvalue weighted by Gasteiger charge is -2.12. The molecule has 1 aromatic carbocycles. The predicted molar refractivity (Wildman–Crippen MR) is 84.3 cm³/mol. The van der Waals surface area contributed by atoms with Crippen LogP contribution in [-0.2, 0) is 4.79 Å². The van der Waals surface area contributed by atoms with Gasteiger partial charge in [0.2, 0.25) is 5.91 Å². The van der Waals surface area contributed by atoms with Gasteiger partial charge >= 0.3 is 0 Å². The molecule has 0 saturated heterocycles. The van der Waals surface area contributed by atoms with Gasteiger partial charge in [0, 0.05) is 4.47 Å². The largest absolute Gasteiger partial charge is 0.493 e. The molecular weight excluding hydrogens is 334 g/mol. The third-order valence-electron chi connectivity index (χ3n) is 2.96. The van der Waals surface area contributed by atoms with Gasteiger partial charge in [-0.2, -0.15) is 0 Å². The molecule has 0 radical (unpaired) electrons. The Labute approximate surface area is 132 Å². The number of hydrogen-bond acceptors (Lipinski definition) is 3. The zero-order valence-electron chi connectivity index (χ0n) is 12.1. The summed E-state index contributed by atoms with van der Waals surface area (Å²) in [5, 5.41) is 2.89. The molecule has 0 saturated carbocycles. The first-order valence-corrected chi connectivity index (χ1v) is 7.58. The number of benzene rings is 1. The van der Waals surface area contributed by atoms with Crippen molar-refractivity contribution in [3.63, 3.8) is 0 Å². The first-order valence-electron chi connectivity index (χ1n) is 6.78. The topological polar surface area (TPSA) is 51.5 Å². The lowest BCUT2D eigenvalue weighted by molar-refractivity contribution is -0.122. The van der Waals surface area contributed by atoms with E-state index in [9.17, 15) is 4.79 Å². The SMILES string of the molecule is Cc1ccc(C(C)NC(=O)CCOc2cccc(Br)c2)o1. The molecule has 0 aliphatic heterocycles. The molecule has 21 heavy (non-hydrogen) atoms. The van der Waals surface area contributed by atoms with Crippen LogP contribution in [0.3, 0.4) is 0 Å². The predicted octanol–water partition coefficient (Wildman–Crippen LogP) is 4.00. The van der Waals surface area contributed by atoms with Gasteiger partial charge in [0.25, 0.3) is 0 Å². The molecule has 1 N–H and O–H groups in total. The third-order valence-corrected chi connectivity index (χ3v) is 3.45. The molecule has 1 amide bonds. The van der Waals surface area contributed by atoms with Crippen LogP contribution >= 0.6 is 15.9 Å². The van der Waals surface area contributed by atoms with Gasteiger partial charge in [0.05, 0.1) is 19.1 Å². The summed E-state index contributed by atoms with van der Waals surface area (Å²) < 4.78 is 12.0. The summed E-state index contributed by atoms with van der Waals surface area (Å²) in [5.41, 5.74) is 0. The number of rotatable bonds is 6. The molecule has 5 heteroatoms. The number of furan rings is 1. The van der Waals surface area contributed by atoms with Crippen LogP contribution in [0.4, 0.5) is 0 Å². The van der Waals surface area contributed by atoms with Gasteiger partial charge in [-0.05, 0) is 44.2 Å². The Hall–Kier alpha value is -1.75. The van der Waals surface area contributed by atoms with E-state index in [0.29, 0.717) is 13.0 Å². The highest BCUT2D eigenvalue weighted by Crippen LogP contribution is 2.18. The molecule has 112 valence electrons. The van der Waals surface area contributed by atoms with Crippen molar-refractivity contribution < 1.29 is 13.9 Å². The van der Waals surface area contributed by atoms with E-state index in [2.05, 4.69) is 21.2 Å². The highest BCUT2D eigenvalue weighted by molar-refractivity contribution is 9.10. The fraction of sp³-hybridized carbons (Fsp3) is 0.312. The minimum atomic E-state index is -0.142. The van der Waals surface area contributed by atoms with E-state index in [0.717, 1.165) is 21.7 Å². The van der Waals surface area contributed by atoms with E-state index in [-0.39, 0.29) is 11.9 Å². The summed E-state index contributed by atoms with van der Waals surface area (Å²) in [4.78, 5) is 11.8. The number of carbonyl (C=O) groups is 1. The summed E-state index contributed by atoms with van der Waals surface area (Å²) in [6, 6.07) is 11.2. The van der Waals surface area contributed by atoms with Crippen molar-refractivity contribution in [1.29, 1.82) is 0 Å². The Kier molecular flexibility index (Phi) is 5.44. The third kappa shape index (κ3) is 4.93. The van der Waals surface area contributed by atoms with Crippen LogP contribution in [-0.4, -0.2) is 12.5 Å². The van der Waals surface area contributed by atoms with Crippen LogP contribution in [0.1, 0.15) is 30.9 Å². The van der Waals surface area contributed by atoms with Crippen molar-refractivity contribution in [2.24, 2.45) is 0 Å². The van der Waals surface area contributed by atoms with Crippen LogP contribution in [0.2, 0.25) is 0 Å². The van der Waals surface area contributed by atoms with Gasteiger partial charge in [-0.3, -0.25) is 4.79 Å². The Bertz CT molecular complexity index is 609. The maximum absolute atomic E-state index is 11.8. The van der Waals surface area contributed by atoms with E-state index < -0.39 is 0 Å². The van der Waals surface area contributed by atoms with Gasteiger partial charge in [0.15, 0.2) is 0 Å². The lowest BCUT2D eigenvalue weighted by Crippen LogP contribution is -2.27. The van der Waals surface area contributed by atoms with Crippen LogP contribution in [0.5, 0.6) is 5.75 Å². The van der Waals surface area contributed by atoms with Crippen molar-refractivity contribution in [2.75, 3.05) is 6.61 Å². The van der Waals surface area contributed by atoms with Gasteiger partial charge < -0.3 is 14.5 Å². The number of hydrogen-bond donors (Lipinski definition) is 1. The number of amides is 1. The highest BCUT2D eigenvalue weighted by Gasteiger charge is 2.12. The van der Waals surface area contributed by atoms with E-state index in [1.807, 2.05) is 50.2 Å². The van der Waals surface area contributed by atoms with Crippen LogP contribution in [0.25, 0.3) is 0 Å². The van der Waals surface area contributed by atoms with Gasteiger partial charge in [0.1, 0.15) is 17.3 Å². The average Bonchev–Trinajstić information content (AvgIpc) is 2.85. The number of carbonyl (C=O) groups excluding carboxylic acids is 1. The molecular formula is C16H18BrNO3. The summed E-state index contributed by atoms with van der Waals surface area (Å²) in [6.07, 6.45) is 0.302. The van der Waals surface area contributed by atoms with E-state index in [1.165, 1.54) is 0 Å². The van der Waals surface area contributed by atoms with Crippen LogP contribution in [0.15, 0.2) is 45.3 Å². The second kappa shape index (κ2) is 7.31. The second-order valence-electron chi connectivity index (χ2n) is 4.79. The number of halogens is 1. The summed E-state index contributed by atoms with van der Waals surface area (Å²) in [5.74, 6) is 2.27. The molecule has 2 aromatic rings. The minimum Gasteiger partial charge on any atom is -0.493 e. The molecule has 1 atom stereocenters. The molecule has 2 rings (SSSR count). The molecule has 4 nitrogen and oxygen atoms in total. The van der Waals surface area contributed by atoms with Crippen LogP contribution < -0.4 is 10.1 Å². The van der Waals surface area contributed by atoms with E-state index >= 15 is 0 Å². The minimum absolute atomic E-state index is 0.0634. The first-order chi connectivity index (χ1) is 10.0. The Morgan fingerprint density at radius 2 is 2.19 bits per heavy atom. The van der Waals surface area contributed by atoms with Gasteiger partial charge in [-0.15, -0.1) is 0 Å². The number of aryl methyl sites for hydroxylation is 1. The second-order valence-corrected chi connectivity index (χ2v) is 5.71. The number of nitrogens with one attached hydrogen (secondary N) is 1. The fourth-order valence-corrected chi connectivity index (χ4v) is 2.27. The van der Waals surface area contributed by atoms with Gasteiger partial charge in [-0.25, -0.2) is 0 Å². The Morgan fingerprint density at radius 3 is 2.86 bits per heavy atom. The maximum Gasteiger partial charge on any atom is 0.224 e. The zero-order chi connectivity index (χ0) is 15.2. The summed E-state index contributed by atoms with van der Waals surface area (Å²) in [6.45, 7) is 4.11. The molecule has 0 aliphatic rings. The molecule has 0 aliphatic carbocycles. The van der Waals surface area contributed by atoms with Crippen LogP contribution in [0, 0.1) is 6.92 Å². The van der Waals surface area contributed by atoms with Gasteiger partial charge in [-0.1, -0.05) is 22.0 Å². The zero-order valence-corrected chi connectivity index (χ0v) is 13.6. The van der Waals surface area contributed by atoms with Crippen molar-refractivity contribution in [3.8, 4) is 5.75 Å². The first kappa shape index (κ1) is 15.6. The molecule has 0 bridgehead atoms. The molecule has 1 aromatic heterocycles. The molecule has 0 fully saturated rings. The molecule has 1 heterocycles. The standard InChI is InChI=1S/C16H18BrNO3/c1-11-6-7-15(21-11)12(2)18-16(19)8-9-20-14-5-3-4-13(17)10-14/h3-7,10,12H,8-9H2,1-2H3,(H,18,19). The fourth-order valence-electron chi connectivity index (χ4n) is 1.89. The van der Waals surface area contributed by atoms with E-state index in [1.54, 1.807) is 0 Å². The summed E-state index contributed by atoms with van der Waals surface area (Å²) >= 11 is 3.37. The number of ether oxygens (including phenoxy) is 1. The smallest absolute Gasteiger partial charge is 0.224 e. The van der Waals surface area contributed by atoms with Crippen molar-refractivity contribution in [2.45, 2.75) is 26.3 Å². The normalized spacial score (nSPS) is 12.0. The van der Waals surface area contributed by atoms with E-state index in [4.69, 9.17) is 9.15 Å². The van der Waals surface area contributed by atoms with Crippen molar-refractivity contribution in [3.05, 3.63) is 52.4 Å². The van der Waals surface area contributed by atoms with Crippen molar-refractivity contribution in [1.82, 2.24) is 5.32 Å². The maximum atomic E-state index is 11.8. The Balaban J connectivity index is 1.75. The summed E-state index contributed by atoms with van der Waals surface area (Å²) in [7, 11) is 0. The quantitative estimate of drug-likeness (QED) is 0.855. The monoisotopic (exact) mass is 351 g/mol. The van der Waals surface area contributed by atoms with Crippen molar-refractivity contribution >= 4 is 21.8 Å².